The molecule has 1 heterocycles. The molecule has 6 nitrogen and oxygen atoms in total. The van der Waals surface area contributed by atoms with Gasteiger partial charge < -0.3 is 5.73 Å². The summed E-state index contributed by atoms with van der Waals surface area (Å²) in [6.45, 7) is 0. The van der Waals surface area contributed by atoms with E-state index in [4.69, 9.17) is 11.0 Å². The highest BCUT2D eigenvalue weighted by atomic mass is 16.1. The van der Waals surface area contributed by atoms with E-state index < -0.39 is 5.41 Å². The Hall–Kier alpha value is -1.90. The molecule has 1 amide bonds. The highest BCUT2D eigenvalue weighted by Gasteiger charge is 2.39. The second kappa shape index (κ2) is 5.17. The predicted octanol–water partition coefficient (Wildman–Crippen LogP) is 0.849. The first kappa shape index (κ1) is 12.6. The minimum absolute atomic E-state index is 0.209. The van der Waals surface area contributed by atoms with Crippen LogP contribution in [0.2, 0.25) is 0 Å². The Morgan fingerprint density at radius 2 is 2.00 bits per heavy atom. The standard InChI is InChI=1S/C12H17N5O/c13-7-4-9-10(16-17-15-9)8-12(11(14)18)5-2-1-3-6-12/h1-6,8H2,(H2,14,18)(H,15,16,17). The molecule has 3 N–H and O–H groups in total. The summed E-state index contributed by atoms with van der Waals surface area (Å²) in [5, 5.41) is 19.3. The molecule has 0 radical (unpaired) electrons. The maximum absolute atomic E-state index is 11.8. The predicted molar refractivity (Wildman–Crippen MR) is 64.1 cm³/mol. The van der Waals surface area contributed by atoms with Crippen molar-refractivity contribution in [3.8, 4) is 6.07 Å². The van der Waals surface area contributed by atoms with Crippen LogP contribution in [0.3, 0.4) is 0 Å². The van der Waals surface area contributed by atoms with Crippen molar-refractivity contribution in [2.24, 2.45) is 11.1 Å². The van der Waals surface area contributed by atoms with Crippen molar-refractivity contribution >= 4 is 5.91 Å². The molecule has 1 aliphatic rings. The number of primary amides is 1. The first-order valence-corrected chi connectivity index (χ1v) is 6.23. The van der Waals surface area contributed by atoms with Crippen LogP contribution in [-0.4, -0.2) is 21.3 Å². The summed E-state index contributed by atoms with van der Waals surface area (Å²) in [6.07, 6.45) is 5.51. The molecule has 0 spiro atoms. The van der Waals surface area contributed by atoms with E-state index in [2.05, 4.69) is 21.5 Å². The molecule has 1 aromatic heterocycles. The molecule has 0 aliphatic heterocycles. The van der Waals surface area contributed by atoms with Crippen LogP contribution in [0.5, 0.6) is 0 Å². The number of carbonyl (C=O) groups is 1. The van der Waals surface area contributed by atoms with Gasteiger partial charge in [0, 0.05) is 6.42 Å². The number of aromatic nitrogens is 3. The Balaban J connectivity index is 2.21. The average molecular weight is 247 g/mol. The third kappa shape index (κ3) is 2.35. The minimum atomic E-state index is -0.501. The van der Waals surface area contributed by atoms with Crippen LogP contribution in [-0.2, 0) is 17.6 Å². The molecule has 0 saturated heterocycles. The molecule has 0 aromatic carbocycles. The fourth-order valence-corrected chi connectivity index (χ4v) is 2.69. The summed E-state index contributed by atoms with van der Waals surface area (Å²) in [5.41, 5.74) is 6.41. The number of aromatic amines is 1. The average Bonchev–Trinajstić information content (AvgIpc) is 2.78. The molecule has 18 heavy (non-hydrogen) atoms. The molecule has 2 rings (SSSR count). The highest BCUT2D eigenvalue weighted by molar-refractivity contribution is 5.81. The summed E-state index contributed by atoms with van der Waals surface area (Å²) < 4.78 is 0. The van der Waals surface area contributed by atoms with Crippen molar-refractivity contribution in [3.05, 3.63) is 11.4 Å². The summed E-state index contributed by atoms with van der Waals surface area (Å²) in [6, 6.07) is 2.05. The van der Waals surface area contributed by atoms with Gasteiger partial charge in [0.25, 0.3) is 0 Å². The molecule has 6 heteroatoms. The molecule has 0 atom stereocenters. The van der Waals surface area contributed by atoms with E-state index in [0.29, 0.717) is 17.8 Å². The zero-order chi connectivity index (χ0) is 13.0. The van der Waals surface area contributed by atoms with Gasteiger partial charge in [-0.2, -0.15) is 20.7 Å². The normalized spacial score (nSPS) is 18.2. The summed E-state index contributed by atoms with van der Waals surface area (Å²) in [5.74, 6) is -0.256. The fraction of sp³-hybridized carbons (Fsp3) is 0.667. The quantitative estimate of drug-likeness (QED) is 0.821. The smallest absolute Gasteiger partial charge is 0.224 e. The van der Waals surface area contributed by atoms with E-state index in [9.17, 15) is 4.79 Å². The van der Waals surface area contributed by atoms with Gasteiger partial charge in [0.2, 0.25) is 5.91 Å². The van der Waals surface area contributed by atoms with Gasteiger partial charge >= 0.3 is 0 Å². The molecule has 1 aromatic rings. The lowest BCUT2D eigenvalue weighted by molar-refractivity contribution is -0.129. The van der Waals surface area contributed by atoms with Gasteiger partial charge in [0.15, 0.2) is 0 Å². The highest BCUT2D eigenvalue weighted by Crippen LogP contribution is 2.39. The Kier molecular flexibility index (Phi) is 3.60. The van der Waals surface area contributed by atoms with Crippen molar-refractivity contribution in [2.75, 3.05) is 0 Å². The van der Waals surface area contributed by atoms with Crippen LogP contribution >= 0.6 is 0 Å². The van der Waals surface area contributed by atoms with E-state index in [1.807, 2.05) is 0 Å². The summed E-state index contributed by atoms with van der Waals surface area (Å²) in [7, 11) is 0. The van der Waals surface area contributed by atoms with E-state index in [1.54, 1.807) is 0 Å². The lowest BCUT2D eigenvalue weighted by Gasteiger charge is -2.33. The van der Waals surface area contributed by atoms with Gasteiger partial charge in [0.1, 0.15) is 0 Å². The maximum atomic E-state index is 11.8. The molecule has 1 fully saturated rings. The molecule has 0 unspecified atom stereocenters. The number of carbonyl (C=O) groups excluding carboxylic acids is 1. The molecular weight excluding hydrogens is 230 g/mol. The number of nitrogens with one attached hydrogen (secondary N) is 1. The first-order valence-electron chi connectivity index (χ1n) is 6.23. The molecular formula is C12H17N5O. The van der Waals surface area contributed by atoms with Crippen LogP contribution in [0.25, 0.3) is 0 Å². The Morgan fingerprint density at radius 1 is 1.33 bits per heavy atom. The van der Waals surface area contributed by atoms with Crippen molar-refractivity contribution in [1.29, 1.82) is 5.26 Å². The van der Waals surface area contributed by atoms with Crippen LogP contribution in [0.15, 0.2) is 0 Å². The third-order valence-electron chi connectivity index (χ3n) is 3.79. The Labute approximate surface area is 106 Å². The van der Waals surface area contributed by atoms with E-state index in [1.165, 1.54) is 0 Å². The zero-order valence-corrected chi connectivity index (χ0v) is 10.3. The first-order chi connectivity index (χ1) is 8.68. The van der Waals surface area contributed by atoms with Gasteiger partial charge in [-0.15, -0.1) is 0 Å². The monoisotopic (exact) mass is 247 g/mol. The molecule has 96 valence electrons. The lowest BCUT2D eigenvalue weighted by atomic mass is 9.70. The summed E-state index contributed by atoms with van der Waals surface area (Å²) in [4.78, 5) is 11.8. The van der Waals surface area contributed by atoms with Crippen molar-refractivity contribution in [3.63, 3.8) is 0 Å². The molecule has 1 aliphatic carbocycles. The second-order valence-electron chi connectivity index (χ2n) is 4.93. The fourth-order valence-electron chi connectivity index (χ4n) is 2.69. The Bertz CT molecular complexity index is 467. The number of nitrogens with two attached hydrogens (primary N) is 1. The van der Waals surface area contributed by atoms with E-state index in [-0.39, 0.29) is 12.3 Å². The second-order valence-corrected chi connectivity index (χ2v) is 4.93. The number of hydrogen-bond donors (Lipinski definition) is 2. The number of hydrogen-bond acceptors (Lipinski definition) is 4. The lowest BCUT2D eigenvalue weighted by Crippen LogP contribution is -2.41. The van der Waals surface area contributed by atoms with Gasteiger partial charge in [0.05, 0.1) is 29.3 Å². The molecule has 0 bridgehead atoms. The van der Waals surface area contributed by atoms with Gasteiger partial charge in [-0.3, -0.25) is 4.79 Å². The van der Waals surface area contributed by atoms with Crippen molar-refractivity contribution in [2.45, 2.75) is 44.9 Å². The van der Waals surface area contributed by atoms with E-state index >= 15 is 0 Å². The largest absolute Gasteiger partial charge is 0.369 e. The van der Waals surface area contributed by atoms with Crippen molar-refractivity contribution < 1.29 is 4.79 Å². The number of nitriles is 1. The Morgan fingerprint density at radius 3 is 2.61 bits per heavy atom. The minimum Gasteiger partial charge on any atom is -0.369 e. The van der Waals surface area contributed by atoms with Gasteiger partial charge in [-0.1, -0.05) is 19.3 Å². The third-order valence-corrected chi connectivity index (χ3v) is 3.79. The van der Waals surface area contributed by atoms with Crippen LogP contribution < -0.4 is 5.73 Å². The number of rotatable bonds is 4. The van der Waals surface area contributed by atoms with E-state index in [0.717, 1.165) is 32.1 Å². The molecule has 1 saturated carbocycles. The maximum Gasteiger partial charge on any atom is 0.224 e. The topological polar surface area (TPSA) is 108 Å². The SMILES string of the molecule is N#CCc1n[nH]nc1CC1(C(N)=O)CCCCC1. The van der Waals surface area contributed by atoms with Crippen LogP contribution in [0, 0.1) is 16.7 Å². The zero-order valence-electron chi connectivity index (χ0n) is 10.3. The van der Waals surface area contributed by atoms with Crippen LogP contribution in [0.4, 0.5) is 0 Å². The summed E-state index contributed by atoms with van der Waals surface area (Å²) >= 11 is 0. The number of amides is 1. The van der Waals surface area contributed by atoms with Crippen molar-refractivity contribution in [1.82, 2.24) is 15.4 Å². The van der Waals surface area contributed by atoms with Gasteiger partial charge in [-0.05, 0) is 12.8 Å². The van der Waals surface area contributed by atoms with Gasteiger partial charge in [-0.25, -0.2) is 0 Å². The number of H-pyrrole nitrogens is 1. The van der Waals surface area contributed by atoms with Crippen LogP contribution in [0.1, 0.15) is 43.5 Å². The number of nitrogens with zero attached hydrogens (tertiary/aromatic N) is 3.